The lowest BCUT2D eigenvalue weighted by Crippen LogP contribution is -2.29. The minimum absolute atomic E-state index is 0.0347. The molecule has 0 aliphatic carbocycles. The molecule has 0 bridgehead atoms. The van der Waals surface area contributed by atoms with Crippen molar-refractivity contribution in [2.75, 3.05) is 33.0 Å². The molecule has 0 aromatic rings. The van der Waals surface area contributed by atoms with Crippen molar-refractivity contribution in [3.63, 3.8) is 0 Å². The minimum Gasteiger partial charge on any atom is -0.457 e. The molecule has 3 unspecified atom stereocenters. The van der Waals surface area contributed by atoms with Crippen molar-refractivity contribution in [2.45, 2.75) is 238 Å². The maximum atomic E-state index is 12.7. The van der Waals surface area contributed by atoms with Crippen LogP contribution >= 0.6 is 7.82 Å². The molecule has 10 heteroatoms. The van der Waals surface area contributed by atoms with Crippen LogP contribution in [0.1, 0.15) is 226 Å². The van der Waals surface area contributed by atoms with Gasteiger partial charge in [-0.05, 0) is 64.2 Å². The van der Waals surface area contributed by atoms with Crippen LogP contribution in [-0.4, -0.2) is 66.3 Å². The highest BCUT2D eigenvalue weighted by Crippen LogP contribution is 2.43. The van der Waals surface area contributed by atoms with Crippen molar-refractivity contribution >= 4 is 13.8 Å². The molecule has 0 saturated heterocycles. The summed E-state index contributed by atoms with van der Waals surface area (Å²) in [5, 5.41) is 18.4. The first-order chi connectivity index (χ1) is 31.8. The van der Waals surface area contributed by atoms with Gasteiger partial charge in [0, 0.05) is 13.0 Å². The molecule has 3 atom stereocenters. The van der Waals surface area contributed by atoms with E-state index < -0.39 is 33.2 Å². The Morgan fingerprint density at radius 3 is 1.32 bits per heavy atom. The van der Waals surface area contributed by atoms with Gasteiger partial charge in [0.25, 0.3) is 0 Å². The van der Waals surface area contributed by atoms with Crippen molar-refractivity contribution < 1.29 is 43.0 Å². The van der Waals surface area contributed by atoms with E-state index in [1.54, 1.807) is 0 Å². The lowest BCUT2D eigenvalue weighted by atomic mass is 10.0. The van der Waals surface area contributed by atoms with Crippen LogP contribution < -0.4 is 0 Å². The van der Waals surface area contributed by atoms with Crippen LogP contribution in [0.3, 0.4) is 0 Å². The molecule has 65 heavy (non-hydrogen) atoms. The van der Waals surface area contributed by atoms with E-state index in [9.17, 15) is 19.4 Å². The Hall–Kier alpha value is -2.10. The van der Waals surface area contributed by atoms with Crippen molar-refractivity contribution in [3.8, 4) is 0 Å². The molecule has 0 aliphatic rings. The number of aliphatic hydroxyl groups excluding tert-OH is 2. The van der Waals surface area contributed by atoms with Crippen LogP contribution in [-0.2, 0) is 27.9 Å². The first kappa shape index (κ1) is 62.9. The van der Waals surface area contributed by atoms with E-state index in [0.29, 0.717) is 6.61 Å². The lowest BCUT2D eigenvalue weighted by molar-refractivity contribution is -0.154. The third-order valence-corrected chi connectivity index (χ3v) is 12.1. The monoisotopic (exact) mass is 935 g/mol. The normalized spacial score (nSPS) is 14.4. The van der Waals surface area contributed by atoms with Crippen LogP contribution in [0.15, 0.2) is 72.9 Å². The van der Waals surface area contributed by atoms with E-state index in [-0.39, 0.29) is 25.6 Å². The largest absolute Gasteiger partial charge is 0.472 e. The number of unbranched alkanes of at least 4 members (excludes halogenated alkanes) is 24. The maximum absolute atomic E-state index is 12.7. The van der Waals surface area contributed by atoms with E-state index in [0.717, 1.165) is 96.3 Å². The predicted octanol–water partition coefficient (Wildman–Crippen LogP) is 15.7. The van der Waals surface area contributed by atoms with Crippen LogP contribution in [0.4, 0.5) is 0 Å². The standard InChI is InChI=1S/C55H99O9P/c1-3-5-7-9-11-13-15-17-19-21-23-25-26-27-28-30-32-34-36-38-40-42-44-46-48-61-51-54(52-63-65(59,60)62-50-53(57)49-56)64-55(58)47-45-43-41-39-37-35-33-31-29-24-22-20-18-16-14-12-10-8-6-4-2/h5,7,11,13,17,19,23,25,27-28,32,34,53-54,56-57H,3-4,6,8-10,12,14-16,18,20-22,24,26,29-31,33,35-52H2,1-2H3,(H,59,60)/b7-5-,13-11-,19-17-,25-23-,28-27-,34-32-. The lowest BCUT2D eigenvalue weighted by Gasteiger charge is -2.20. The molecule has 0 aliphatic heterocycles. The van der Waals surface area contributed by atoms with Crippen LogP contribution in [0.2, 0.25) is 0 Å². The third-order valence-electron chi connectivity index (χ3n) is 11.2. The average Bonchev–Trinajstić information content (AvgIpc) is 3.30. The maximum Gasteiger partial charge on any atom is 0.472 e. The van der Waals surface area contributed by atoms with Crippen LogP contribution in [0.5, 0.6) is 0 Å². The van der Waals surface area contributed by atoms with Crippen LogP contribution in [0.25, 0.3) is 0 Å². The number of phosphoric acid groups is 1. The number of phosphoric ester groups is 1. The molecule has 0 fully saturated rings. The zero-order valence-electron chi connectivity index (χ0n) is 41.7. The van der Waals surface area contributed by atoms with Gasteiger partial charge in [0.2, 0.25) is 0 Å². The SMILES string of the molecule is CC/C=C\C/C=C\C/C=C\C/C=C\C/C=C\C/C=C\CCCCCCCOCC(COP(=O)(O)OCC(O)CO)OC(=O)CCCCCCCCCCCCCCCCCCCCCC. The highest BCUT2D eigenvalue weighted by atomic mass is 31.2. The predicted molar refractivity (Wildman–Crippen MR) is 274 cm³/mol. The van der Waals surface area contributed by atoms with E-state index in [4.69, 9.17) is 23.6 Å². The van der Waals surface area contributed by atoms with Crippen molar-refractivity contribution in [2.24, 2.45) is 0 Å². The number of hydrogen-bond donors (Lipinski definition) is 3. The molecule has 378 valence electrons. The molecular formula is C55H99O9P. The summed E-state index contributed by atoms with van der Waals surface area (Å²) < 4.78 is 33.5. The van der Waals surface area contributed by atoms with E-state index >= 15 is 0 Å². The second kappa shape index (κ2) is 51.3. The number of aliphatic hydroxyl groups is 2. The molecule has 0 aromatic heterocycles. The van der Waals surface area contributed by atoms with Crippen molar-refractivity contribution in [3.05, 3.63) is 72.9 Å². The van der Waals surface area contributed by atoms with Crippen molar-refractivity contribution in [1.29, 1.82) is 0 Å². The van der Waals surface area contributed by atoms with Gasteiger partial charge in [-0.15, -0.1) is 0 Å². The smallest absolute Gasteiger partial charge is 0.457 e. The quantitative estimate of drug-likeness (QED) is 0.0236. The summed E-state index contributed by atoms with van der Waals surface area (Å²) in [5.41, 5.74) is 0. The fourth-order valence-electron chi connectivity index (χ4n) is 7.18. The Bertz CT molecular complexity index is 1240. The van der Waals surface area contributed by atoms with Gasteiger partial charge < -0.3 is 24.6 Å². The Morgan fingerprint density at radius 2 is 0.877 bits per heavy atom. The topological polar surface area (TPSA) is 132 Å². The highest BCUT2D eigenvalue weighted by Gasteiger charge is 2.26. The molecule has 0 heterocycles. The summed E-state index contributed by atoms with van der Waals surface area (Å²) in [6.07, 6.45) is 63.0. The molecule has 0 saturated carbocycles. The third kappa shape index (κ3) is 51.1. The van der Waals surface area contributed by atoms with Crippen LogP contribution in [0, 0.1) is 0 Å². The zero-order chi connectivity index (χ0) is 47.4. The first-order valence-electron chi connectivity index (χ1n) is 26.4. The Morgan fingerprint density at radius 1 is 0.492 bits per heavy atom. The molecule has 0 rings (SSSR count). The van der Waals surface area contributed by atoms with Gasteiger partial charge in [-0.25, -0.2) is 4.57 Å². The number of allylic oxidation sites excluding steroid dienone is 12. The van der Waals surface area contributed by atoms with E-state index in [1.807, 2.05) is 0 Å². The van der Waals surface area contributed by atoms with Gasteiger partial charge in [-0.1, -0.05) is 228 Å². The number of hydrogen-bond acceptors (Lipinski definition) is 8. The fourth-order valence-corrected chi connectivity index (χ4v) is 7.97. The summed E-state index contributed by atoms with van der Waals surface area (Å²) in [6, 6.07) is 0. The van der Waals surface area contributed by atoms with Gasteiger partial charge in [0.05, 0.1) is 26.4 Å². The minimum atomic E-state index is -4.53. The molecule has 0 radical (unpaired) electrons. The number of carbonyl (C=O) groups excluding carboxylic acids is 1. The summed E-state index contributed by atoms with van der Waals surface area (Å²) >= 11 is 0. The number of ether oxygens (including phenoxy) is 2. The van der Waals surface area contributed by atoms with Gasteiger partial charge in [0.15, 0.2) is 0 Å². The van der Waals surface area contributed by atoms with Gasteiger partial charge in [0.1, 0.15) is 12.2 Å². The Labute approximate surface area is 399 Å². The molecular weight excluding hydrogens is 836 g/mol. The fraction of sp³-hybridized carbons (Fsp3) is 0.764. The second-order valence-corrected chi connectivity index (χ2v) is 19.0. The molecule has 0 amide bonds. The molecule has 9 nitrogen and oxygen atoms in total. The van der Waals surface area contributed by atoms with Crippen molar-refractivity contribution in [1.82, 2.24) is 0 Å². The zero-order valence-corrected chi connectivity index (χ0v) is 42.6. The summed E-state index contributed by atoms with van der Waals surface area (Å²) in [5.74, 6) is -0.388. The highest BCUT2D eigenvalue weighted by molar-refractivity contribution is 7.47. The number of esters is 1. The van der Waals surface area contributed by atoms with E-state index in [2.05, 4.69) is 86.8 Å². The average molecular weight is 935 g/mol. The first-order valence-corrected chi connectivity index (χ1v) is 27.9. The second-order valence-electron chi connectivity index (χ2n) is 17.5. The Balaban J connectivity index is 4.11. The van der Waals surface area contributed by atoms with Gasteiger partial charge in [-0.2, -0.15) is 0 Å². The molecule has 0 aromatic carbocycles. The molecule has 0 spiro atoms. The van der Waals surface area contributed by atoms with Gasteiger partial charge in [-0.3, -0.25) is 13.8 Å². The van der Waals surface area contributed by atoms with Gasteiger partial charge >= 0.3 is 13.8 Å². The number of rotatable bonds is 50. The summed E-state index contributed by atoms with van der Waals surface area (Å²) in [6.45, 7) is 3.38. The summed E-state index contributed by atoms with van der Waals surface area (Å²) in [4.78, 5) is 22.7. The van der Waals surface area contributed by atoms with E-state index in [1.165, 1.54) is 109 Å². The molecule has 3 N–H and O–H groups in total. The Kier molecular flexibility index (Phi) is 49.6. The summed E-state index contributed by atoms with van der Waals surface area (Å²) in [7, 11) is -4.53. The number of carbonyl (C=O) groups is 1.